The number of benzene rings is 3. The van der Waals surface area contributed by atoms with Crippen molar-refractivity contribution in [2.75, 3.05) is 5.32 Å². The molecule has 1 amide bonds. The van der Waals surface area contributed by atoms with Crippen molar-refractivity contribution in [3.63, 3.8) is 0 Å². The molecule has 7 heteroatoms. The van der Waals surface area contributed by atoms with Crippen molar-refractivity contribution in [2.24, 2.45) is 5.10 Å². The van der Waals surface area contributed by atoms with Gasteiger partial charge in [0, 0.05) is 40.1 Å². The second-order valence-electron chi connectivity index (χ2n) is 7.33. The summed E-state index contributed by atoms with van der Waals surface area (Å²) in [5, 5.41) is 8.30. The number of rotatable bonds is 6. The summed E-state index contributed by atoms with van der Waals surface area (Å²) in [4.78, 5) is 24.5. The number of fused-ring (bicyclic) bond motifs is 1. The van der Waals surface area contributed by atoms with E-state index in [4.69, 9.17) is 0 Å². The van der Waals surface area contributed by atoms with Crippen LogP contribution in [0, 0.1) is 0 Å². The number of nitrogens with zero attached hydrogens (tertiary/aromatic N) is 3. The highest BCUT2D eigenvalue weighted by Crippen LogP contribution is 2.27. The Bertz CT molecular complexity index is 1420. The van der Waals surface area contributed by atoms with E-state index >= 15 is 0 Å². The minimum Gasteiger partial charge on any atom is -0.360 e. The fourth-order valence-electron chi connectivity index (χ4n) is 3.46. The van der Waals surface area contributed by atoms with Crippen LogP contribution >= 0.6 is 0 Å². The first-order valence-electron chi connectivity index (χ1n) is 10.4. The summed E-state index contributed by atoms with van der Waals surface area (Å²) in [6.07, 6.45) is 5.27. The summed E-state index contributed by atoms with van der Waals surface area (Å²) >= 11 is 0. The predicted molar refractivity (Wildman–Crippen MR) is 131 cm³/mol. The quantitative estimate of drug-likeness (QED) is 0.256. The summed E-state index contributed by atoms with van der Waals surface area (Å²) in [5.74, 6) is 0.189. The zero-order valence-corrected chi connectivity index (χ0v) is 17.6. The van der Waals surface area contributed by atoms with E-state index in [-0.39, 0.29) is 5.91 Å². The van der Waals surface area contributed by atoms with Gasteiger partial charge in [-0.2, -0.15) is 5.10 Å². The fourth-order valence-corrected chi connectivity index (χ4v) is 3.46. The summed E-state index contributed by atoms with van der Waals surface area (Å²) in [6, 6.07) is 26.6. The molecule has 5 rings (SSSR count). The van der Waals surface area contributed by atoms with Crippen molar-refractivity contribution in [2.45, 2.75) is 0 Å². The van der Waals surface area contributed by atoms with E-state index in [1.54, 1.807) is 36.7 Å². The molecule has 0 aliphatic rings. The van der Waals surface area contributed by atoms with Crippen LogP contribution in [0.3, 0.4) is 0 Å². The summed E-state index contributed by atoms with van der Waals surface area (Å²) in [7, 11) is 0. The number of hydrazone groups is 1. The van der Waals surface area contributed by atoms with Crippen molar-refractivity contribution in [1.29, 1.82) is 0 Å². The van der Waals surface area contributed by atoms with Gasteiger partial charge in [-0.15, -0.1) is 0 Å². The number of nitrogens with one attached hydrogen (secondary N) is 3. The Kier molecular flexibility index (Phi) is 5.59. The maximum Gasteiger partial charge on any atom is 0.271 e. The van der Waals surface area contributed by atoms with Gasteiger partial charge in [0.05, 0.1) is 11.9 Å². The van der Waals surface area contributed by atoms with E-state index < -0.39 is 0 Å². The summed E-state index contributed by atoms with van der Waals surface area (Å²) in [6.45, 7) is 0. The third-order valence-electron chi connectivity index (χ3n) is 5.10. The fraction of sp³-hybridized carbons (Fsp3) is 0. The Balaban J connectivity index is 1.26. The van der Waals surface area contributed by atoms with E-state index in [9.17, 15) is 4.79 Å². The first-order valence-corrected chi connectivity index (χ1v) is 10.4. The van der Waals surface area contributed by atoms with Crippen LogP contribution in [0.25, 0.3) is 22.2 Å². The number of carbonyl (C=O) groups excluding carboxylic acids is 1. The van der Waals surface area contributed by atoms with Crippen LogP contribution in [0.1, 0.15) is 15.9 Å². The molecule has 7 nitrogen and oxygen atoms in total. The number of anilines is 2. The Morgan fingerprint density at radius 3 is 2.55 bits per heavy atom. The first-order chi connectivity index (χ1) is 16.3. The van der Waals surface area contributed by atoms with Gasteiger partial charge in [-0.25, -0.2) is 15.4 Å². The van der Waals surface area contributed by atoms with Gasteiger partial charge in [-0.3, -0.25) is 4.79 Å². The molecule has 0 aliphatic heterocycles. The number of H-pyrrole nitrogens is 1. The van der Waals surface area contributed by atoms with Crippen LogP contribution in [-0.2, 0) is 0 Å². The molecule has 0 fully saturated rings. The van der Waals surface area contributed by atoms with Gasteiger partial charge in [-0.05, 0) is 42.0 Å². The highest BCUT2D eigenvalue weighted by Gasteiger charge is 2.09. The zero-order valence-electron chi connectivity index (χ0n) is 17.6. The standard InChI is InChI=1S/C26H20N6O/c33-25(32-29-16-18-6-2-1-3-7-18)19-10-12-20(13-11-19)30-26-27-15-14-24(31-26)22-17-28-23-9-5-4-8-21(22)23/h1-17,28H,(H,32,33)(H,27,30,31). The number of carbonyl (C=O) groups is 1. The minimum absolute atomic E-state index is 0.286. The molecule has 5 aromatic rings. The SMILES string of the molecule is O=C(NN=Cc1ccccc1)c1ccc(Nc2nccc(-c3c[nH]c4ccccc34)n2)cc1. The van der Waals surface area contributed by atoms with Gasteiger partial charge in [0.15, 0.2) is 0 Å². The molecule has 2 heterocycles. The van der Waals surface area contributed by atoms with E-state index in [0.717, 1.165) is 33.4 Å². The zero-order chi connectivity index (χ0) is 22.5. The normalized spacial score (nSPS) is 11.0. The van der Waals surface area contributed by atoms with Crippen LogP contribution in [0.4, 0.5) is 11.6 Å². The largest absolute Gasteiger partial charge is 0.360 e. The molecular formula is C26H20N6O. The van der Waals surface area contributed by atoms with Crippen molar-refractivity contribution >= 4 is 34.7 Å². The van der Waals surface area contributed by atoms with Gasteiger partial charge >= 0.3 is 0 Å². The van der Waals surface area contributed by atoms with Gasteiger partial charge in [-0.1, -0.05) is 48.5 Å². The monoisotopic (exact) mass is 432 g/mol. The lowest BCUT2D eigenvalue weighted by Gasteiger charge is -2.07. The Morgan fingerprint density at radius 1 is 0.909 bits per heavy atom. The first kappa shape index (κ1) is 20.1. The van der Waals surface area contributed by atoms with E-state index in [0.29, 0.717) is 11.5 Å². The summed E-state index contributed by atoms with van der Waals surface area (Å²) in [5.41, 5.74) is 7.61. The smallest absolute Gasteiger partial charge is 0.271 e. The van der Waals surface area contributed by atoms with E-state index in [1.165, 1.54) is 0 Å². The minimum atomic E-state index is -0.286. The number of hydrogen-bond donors (Lipinski definition) is 3. The predicted octanol–water partition coefficient (Wildman–Crippen LogP) is 5.13. The van der Waals surface area contributed by atoms with Crippen LogP contribution in [0.2, 0.25) is 0 Å². The molecular weight excluding hydrogens is 412 g/mol. The van der Waals surface area contributed by atoms with Crippen molar-refractivity contribution in [3.05, 3.63) is 108 Å². The molecule has 0 unspecified atom stereocenters. The average Bonchev–Trinajstić information content (AvgIpc) is 3.30. The van der Waals surface area contributed by atoms with Crippen LogP contribution in [0.15, 0.2) is 102 Å². The van der Waals surface area contributed by atoms with Crippen LogP contribution < -0.4 is 10.7 Å². The van der Waals surface area contributed by atoms with Gasteiger partial charge in [0.1, 0.15) is 0 Å². The molecule has 0 spiro atoms. The van der Waals surface area contributed by atoms with Crippen LogP contribution in [-0.4, -0.2) is 27.1 Å². The number of hydrogen-bond acceptors (Lipinski definition) is 5. The maximum absolute atomic E-state index is 12.3. The molecule has 0 atom stereocenters. The van der Waals surface area contributed by atoms with E-state index in [2.05, 4.69) is 36.9 Å². The van der Waals surface area contributed by atoms with Crippen LogP contribution in [0.5, 0.6) is 0 Å². The third-order valence-corrected chi connectivity index (χ3v) is 5.10. The molecule has 3 aromatic carbocycles. The molecule has 0 bridgehead atoms. The lowest BCUT2D eigenvalue weighted by Crippen LogP contribution is -2.17. The Labute approximate surface area is 190 Å². The second kappa shape index (κ2) is 9.15. The number of aromatic amines is 1. The average molecular weight is 432 g/mol. The van der Waals surface area contributed by atoms with Gasteiger partial charge < -0.3 is 10.3 Å². The van der Waals surface area contributed by atoms with Crippen molar-refractivity contribution in [3.8, 4) is 11.3 Å². The Morgan fingerprint density at radius 2 is 1.70 bits per heavy atom. The molecule has 160 valence electrons. The van der Waals surface area contributed by atoms with E-state index in [1.807, 2.05) is 60.8 Å². The van der Waals surface area contributed by atoms with Crippen molar-refractivity contribution < 1.29 is 4.79 Å². The number of para-hydroxylation sites is 1. The van der Waals surface area contributed by atoms with Gasteiger partial charge in [0.25, 0.3) is 5.91 Å². The van der Waals surface area contributed by atoms with Gasteiger partial charge in [0.2, 0.25) is 5.95 Å². The van der Waals surface area contributed by atoms with Crippen molar-refractivity contribution in [1.82, 2.24) is 20.4 Å². The molecule has 3 N–H and O–H groups in total. The molecule has 0 saturated heterocycles. The molecule has 0 radical (unpaired) electrons. The highest BCUT2D eigenvalue weighted by molar-refractivity contribution is 5.95. The highest BCUT2D eigenvalue weighted by atomic mass is 16.2. The lowest BCUT2D eigenvalue weighted by atomic mass is 10.1. The number of aromatic nitrogens is 3. The number of amides is 1. The molecule has 0 saturated carbocycles. The molecule has 0 aliphatic carbocycles. The third kappa shape index (κ3) is 4.62. The topological polar surface area (TPSA) is 95.1 Å². The molecule has 2 aromatic heterocycles. The Hall–Kier alpha value is -4.78. The second-order valence-corrected chi connectivity index (χ2v) is 7.33. The molecule has 33 heavy (non-hydrogen) atoms. The summed E-state index contributed by atoms with van der Waals surface area (Å²) < 4.78 is 0. The maximum atomic E-state index is 12.3. The lowest BCUT2D eigenvalue weighted by molar-refractivity contribution is 0.0955.